The number of ether oxygens (including phenoxy) is 1. The maximum atomic E-state index is 14.0. The van der Waals surface area contributed by atoms with Crippen LogP contribution in [0.25, 0.3) is 0 Å². The van der Waals surface area contributed by atoms with Crippen LogP contribution in [0.3, 0.4) is 0 Å². The maximum absolute atomic E-state index is 14.0. The van der Waals surface area contributed by atoms with Crippen LogP contribution in [0, 0.1) is 0 Å². The van der Waals surface area contributed by atoms with Crippen molar-refractivity contribution in [1.82, 2.24) is 0 Å². The van der Waals surface area contributed by atoms with E-state index in [9.17, 15) is 57.1 Å². The molecule has 1 aromatic carbocycles. The Kier molecular flexibility index (Phi) is 7.02. The van der Waals surface area contributed by atoms with E-state index in [1.165, 1.54) is 6.07 Å². The lowest BCUT2D eigenvalue weighted by Crippen LogP contribution is -2.70. The van der Waals surface area contributed by atoms with Gasteiger partial charge in [0.05, 0.1) is 6.10 Å². The average Bonchev–Trinajstić information content (AvgIpc) is 2.58. The monoisotopic (exact) mass is 488 g/mol. The van der Waals surface area contributed by atoms with E-state index in [1.807, 2.05) is 0 Å². The molecule has 1 unspecified atom stereocenters. The summed E-state index contributed by atoms with van der Waals surface area (Å²) in [5, 5.41) is -0.399. The predicted molar refractivity (Wildman–Crippen MR) is 76.6 cm³/mol. The van der Waals surface area contributed by atoms with E-state index in [1.54, 1.807) is 0 Å². The molecule has 0 aliphatic rings. The number of methoxy groups -OCH3 is 1. The second-order valence-corrected chi connectivity index (χ2v) is 6.36. The molecule has 0 saturated carbocycles. The van der Waals surface area contributed by atoms with Gasteiger partial charge in [-0.05, 0) is 11.6 Å². The molecule has 1 nitrogen and oxygen atoms in total. The zero-order valence-electron chi connectivity index (χ0n) is 14.3. The van der Waals surface area contributed by atoms with Gasteiger partial charge in [0.2, 0.25) is 0 Å². The third-order valence-electron chi connectivity index (χ3n) is 3.98. The molecule has 15 heteroatoms. The fourth-order valence-electron chi connectivity index (χ4n) is 2.22. The van der Waals surface area contributed by atoms with E-state index >= 15 is 0 Å². The molecule has 0 amide bonds. The Balaban J connectivity index is 3.43. The van der Waals surface area contributed by atoms with Crippen molar-refractivity contribution in [1.29, 1.82) is 0 Å². The highest BCUT2D eigenvalue weighted by Crippen LogP contribution is 2.61. The normalized spacial score (nSPS) is 16.0. The van der Waals surface area contributed by atoms with Crippen LogP contribution in [0.15, 0.2) is 24.3 Å². The molecule has 0 saturated heterocycles. The molecular formula is C15H10ClF13O. The third kappa shape index (κ3) is 4.04. The number of benzene rings is 1. The zero-order chi connectivity index (χ0) is 24.0. The molecule has 0 aliphatic carbocycles. The summed E-state index contributed by atoms with van der Waals surface area (Å²) in [5.41, 5.74) is -0.493. The fraction of sp³-hybridized carbons (Fsp3) is 0.600. The molecule has 1 aromatic rings. The summed E-state index contributed by atoms with van der Waals surface area (Å²) >= 11 is 5.61. The van der Waals surface area contributed by atoms with Crippen LogP contribution in [0.2, 0.25) is 5.02 Å². The average molecular weight is 489 g/mol. The van der Waals surface area contributed by atoms with Gasteiger partial charge in [-0.25, -0.2) is 0 Å². The van der Waals surface area contributed by atoms with Crippen molar-refractivity contribution in [2.45, 2.75) is 48.3 Å². The highest BCUT2D eigenvalue weighted by molar-refractivity contribution is 6.31. The van der Waals surface area contributed by atoms with Crippen molar-refractivity contribution < 1.29 is 61.8 Å². The Morgan fingerprint density at radius 2 is 1.17 bits per heavy atom. The fourth-order valence-corrected chi connectivity index (χ4v) is 2.48. The van der Waals surface area contributed by atoms with Crippen molar-refractivity contribution in [3.8, 4) is 0 Å². The summed E-state index contributed by atoms with van der Waals surface area (Å²) in [7, 11) is 0.618. The summed E-state index contributed by atoms with van der Waals surface area (Å²) in [4.78, 5) is 0. The van der Waals surface area contributed by atoms with Gasteiger partial charge >= 0.3 is 35.8 Å². The lowest BCUT2D eigenvalue weighted by molar-refractivity contribution is -0.440. The van der Waals surface area contributed by atoms with Gasteiger partial charge in [-0.15, -0.1) is 0 Å². The molecule has 0 N–H and O–H groups in total. The Labute approximate surface area is 164 Å². The molecule has 0 radical (unpaired) electrons. The summed E-state index contributed by atoms with van der Waals surface area (Å²) < 4.78 is 175. The van der Waals surface area contributed by atoms with Gasteiger partial charge in [0.25, 0.3) is 0 Å². The third-order valence-corrected chi connectivity index (χ3v) is 4.32. The Morgan fingerprint density at radius 3 is 1.57 bits per heavy atom. The first-order chi connectivity index (χ1) is 13.2. The van der Waals surface area contributed by atoms with Crippen molar-refractivity contribution in [3.63, 3.8) is 0 Å². The van der Waals surface area contributed by atoms with Crippen molar-refractivity contribution in [2.24, 2.45) is 0 Å². The quantitative estimate of drug-likeness (QED) is 0.353. The molecule has 0 spiro atoms. The minimum absolute atomic E-state index is 0.399. The molecule has 30 heavy (non-hydrogen) atoms. The molecule has 0 heterocycles. The molecular weight excluding hydrogens is 479 g/mol. The Hall–Kier alpha value is -1.44. The van der Waals surface area contributed by atoms with Crippen LogP contribution in [0.1, 0.15) is 18.1 Å². The lowest BCUT2D eigenvalue weighted by atomic mass is 9.90. The predicted octanol–water partition coefficient (Wildman–Crippen LogP) is 7.16. The van der Waals surface area contributed by atoms with Gasteiger partial charge in [0, 0.05) is 18.6 Å². The van der Waals surface area contributed by atoms with E-state index in [4.69, 9.17) is 11.6 Å². The van der Waals surface area contributed by atoms with Crippen LogP contribution in [0.5, 0.6) is 0 Å². The number of hydrogen-bond donors (Lipinski definition) is 0. The summed E-state index contributed by atoms with van der Waals surface area (Å²) in [6.45, 7) is 0. The van der Waals surface area contributed by atoms with E-state index in [-0.39, 0.29) is 0 Å². The summed E-state index contributed by atoms with van der Waals surface area (Å²) in [6.07, 6.45) is -12.2. The van der Waals surface area contributed by atoms with Gasteiger partial charge < -0.3 is 4.74 Å². The first-order valence-corrected chi connectivity index (χ1v) is 7.80. The largest absolute Gasteiger partial charge is 0.460 e. The van der Waals surface area contributed by atoms with E-state index in [0.29, 0.717) is 7.11 Å². The van der Waals surface area contributed by atoms with Crippen molar-refractivity contribution in [3.05, 3.63) is 34.9 Å². The Morgan fingerprint density at radius 1 is 0.733 bits per heavy atom. The van der Waals surface area contributed by atoms with Crippen LogP contribution in [0.4, 0.5) is 57.1 Å². The SMILES string of the molecule is COC(CC(F)(F)C(F)(F)C(F)(F)C(F)(F)C(F)(F)C(F)(F)F)c1ccccc1Cl. The minimum Gasteiger partial charge on any atom is -0.376 e. The van der Waals surface area contributed by atoms with Gasteiger partial charge in [0.1, 0.15) is 0 Å². The summed E-state index contributed by atoms with van der Waals surface area (Å²) in [6, 6.07) is 4.30. The van der Waals surface area contributed by atoms with E-state index in [2.05, 4.69) is 4.74 Å². The second kappa shape index (κ2) is 7.92. The van der Waals surface area contributed by atoms with Crippen LogP contribution in [-0.2, 0) is 4.74 Å². The second-order valence-electron chi connectivity index (χ2n) is 5.95. The van der Waals surface area contributed by atoms with E-state index in [0.717, 1.165) is 18.2 Å². The van der Waals surface area contributed by atoms with Crippen LogP contribution >= 0.6 is 11.6 Å². The van der Waals surface area contributed by atoms with E-state index < -0.39 is 58.9 Å². The maximum Gasteiger partial charge on any atom is 0.460 e. The first kappa shape index (κ1) is 26.6. The standard InChI is InChI=1S/C15H10ClF13O/c1-30-9(7-4-2-3-5-8(7)16)6-10(17,18)11(19,20)12(21,22)13(23,24)14(25,26)15(27,28)29/h2-5,9H,6H2,1H3. The highest BCUT2D eigenvalue weighted by Gasteiger charge is 2.90. The lowest BCUT2D eigenvalue weighted by Gasteiger charge is -2.40. The first-order valence-electron chi connectivity index (χ1n) is 7.42. The van der Waals surface area contributed by atoms with Gasteiger partial charge in [-0.1, -0.05) is 29.8 Å². The minimum atomic E-state index is -7.93. The number of rotatable bonds is 8. The highest BCUT2D eigenvalue weighted by atomic mass is 35.5. The molecule has 1 rings (SSSR count). The van der Waals surface area contributed by atoms with Gasteiger partial charge in [-0.2, -0.15) is 57.1 Å². The number of hydrogen-bond acceptors (Lipinski definition) is 1. The number of alkyl halides is 13. The molecule has 0 fully saturated rings. The molecule has 0 aromatic heterocycles. The molecule has 1 atom stereocenters. The smallest absolute Gasteiger partial charge is 0.376 e. The van der Waals surface area contributed by atoms with Crippen molar-refractivity contribution in [2.75, 3.05) is 7.11 Å². The Bertz CT molecular complexity index is 744. The molecule has 174 valence electrons. The molecule has 0 bridgehead atoms. The molecule has 0 aliphatic heterocycles. The van der Waals surface area contributed by atoms with Crippen LogP contribution < -0.4 is 0 Å². The van der Waals surface area contributed by atoms with Crippen molar-refractivity contribution >= 4 is 11.6 Å². The topological polar surface area (TPSA) is 9.23 Å². The summed E-state index contributed by atoms with van der Waals surface area (Å²) in [5.74, 6) is -37.1. The van der Waals surface area contributed by atoms with Gasteiger partial charge in [0.15, 0.2) is 0 Å². The van der Waals surface area contributed by atoms with Gasteiger partial charge in [-0.3, -0.25) is 0 Å². The number of halogens is 14. The van der Waals surface area contributed by atoms with Crippen LogP contribution in [-0.4, -0.2) is 42.9 Å². The zero-order valence-corrected chi connectivity index (χ0v) is 15.0.